The normalized spacial score (nSPS) is 12.3. The summed E-state index contributed by atoms with van der Waals surface area (Å²) in [5, 5.41) is 8.75. The van der Waals surface area contributed by atoms with Crippen LogP contribution in [0, 0.1) is 0 Å². The van der Waals surface area contributed by atoms with E-state index in [0.717, 1.165) is 51.4 Å². The van der Waals surface area contributed by atoms with Gasteiger partial charge in [0, 0.05) is 12.8 Å². The molecule has 0 aliphatic heterocycles. The SMILES string of the molecule is CCCCCCCC/C=C/C(CCCCCCC(=O)O)OC(=O)CCCCCCCCCCC. The molecule has 0 amide bonds. The van der Waals surface area contributed by atoms with Crippen LogP contribution in [0.15, 0.2) is 12.2 Å². The van der Waals surface area contributed by atoms with Gasteiger partial charge in [0.25, 0.3) is 0 Å². The number of aliphatic carboxylic acids is 1. The highest BCUT2D eigenvalue weighted by molar-refractivity contribution is 5.69. The molecule has 0 bridgehead atoms. The number of rotatable bonds is 26. The topological polar surface area (TPSA) is 63.6 Å². The Kier molecular flexibility index (Phi) is 25.3. The number of ether oxygens (including phenoxy) is 1. The van der Waals surface area contributed by atoms with Crippen molar-refractivity contribution in [1.82, 2.24) is 0 Å². The first-order valence-corrected chi connectivity index (χ1v) is 14.7. The summed E-state index contributed by atoms with van der Waals surface area (Å²) in [6, 6.07) is 0. The Bertz CT molecular complexity index is 486. The molecule has 1 atom stereocenters. The Morgan fingerprint density at radius 2 is 1.12 bits per heavy atom. The van der Waals surface area contributed by atoms with Crippen molar-refractivity contribution >= 4 is 11.9 Å². The van der Waals surface area contributed by atoms with Gasteiger partial charge in [-0.3, -0.25) is 9.59 Å². The number of unbranched alkanes of at least 4 members (excludes halogenated alkanes) is 17. The van der Waals surface area contributed by atoms with Gasteiger partial charge in [-0.25, -0.2) is 0 Å². The Morgan fingerprint density at radius 3 is 1.68 bits per heavy atom. The predicted octanol–water partition coefficient (Wildman–Crippen LogP) is 9.55. The van der Waals surface area contributed by atoms with Gasteiger partial charge in [0.15, 0.2) is 0 Å². The van der Waals surface area contributed by atoms with E-state index >= 15 is 0 Å². The number of carbonyl (C=O) groups excluding carboxylic acids is 1. The molecule has 0 saturated heterocycles. The van der Waals surface area contributed by atoms with E-state index < -0.39 is 5.97 Å². The largest absolute Gasteiger partial charge is 0.481 e. The minimum atomic E-state index is -0.721. The molecule has 0 fully saturated rings. The smallest absolute Gasteiger partial charge is 0.306 e. The van der Waals surface area contributed by atoms with Gasteiger partial charge in [-0.15, -0.1) is 0 Å². The number of hydrogen-bond donors (Lipinski definition) is 1. The molecular weight excluding hydrogens is 424 g/mol. The van der Waals surface area contributed by atoms with Crippen LogP contribution in [0.5, 0.6) is 0 Å². The molecule has 1 unspecified atom stereocenters. The van der Waals surface area contributed by atoms with Gasteiger partial charge in [-0.1, -0.05) is 116 Å². The van der Waals surface area contributed by atoms with Gasteiger partial charge in [0.2, 0.25) is 0 Å². The second kappa shape index (κ2) is 26.3. The number of carbonyl (C=O) groups is 2. The third-order valence-electron chi connectivity index (χ3n) is 6.47. The van der Waals surface area contributed by atoms with E-state index in [1.165, 1.54) is 83.5 Å². The monoisotopic (exact) mass is 480 g/mol. The molecule has 1 N–H and O–H groups in total. The Labute approximate surface area is 211 Å². The van der Waals surface area contributed by atoms with Crippen molar-refractivity contribution in [2.75, 3.05) is 0 Å². The molecule has 0 aliphatic rings. The maximum atomic E-state index is 12.4. The maximum absolute atomic E-state index is 12.4. The second-order valence-corrected chi connectivity index (χ2v) is 9.94. The zero-order valence-corrected chi connectivity index (χ0v) is 22.7. The lowest BCUT2D eigenvalue weighted by molar-refractivity contribution is -0.147. The van der Waals surface area contributed by atoms with Crippen LogP contribution in [0.2, 0.25) is 0 Å². The molecular formula is C30H56O4. The lowest BCUT2D eigenvalue weighted by atomic mass is 10.1. The van der Waals surface area contributed by atoms with Gasteiger partial charge in [-0.2, -0.15) is 0 Å². The molecule has 34 heavy (non-hydrogen) atoms. The fourth-order valence-corrected chi connectivity index (χ4v) is 4.27. The molecule has 0 rings (SSSR count). The first-order valence-electron chi connectivity index (χ1n) is 14.7. The summed E-state index contributed by atoms with van der Waals surface area (Å²) in [7, 11) is 0. The first-order chi connectivity index (χ1) is 16.6. The van der Waals surface area contributed by atoms with E-state index in [-0.39, 0.29) is 18.5 Å². The lowest BCUT2D eigenvalue weighted by Gasteiger charge is -2.15. The van der Waals surface area contributed by atoms with Gasteiger partial charge in [0.1, 0.15) is 6.10 Å². The van der Waals surface area contributed by atoms with Crippen molar-refractivity contribution in [3.05, 3.63) is 12.2 Å². The fraction of sp³-hybridized carbons (Fsp3) is 0.867. The van der Waals surface area contributed by atoms with Gasteiger partial charge >= 0.3 is 11.9 Å². The van der Waals surface area contributed by atoms with E-state index in [9.17, 15) is 9.59 Å². The predicted molar refractivity (Wildman–Crippen MR) is 144 cm³/mol. The minimum absolute atomic E-state index is 0.0666. The Morgan fingerprint density at radius 1 is 0.647 bits per heavy atom. The molecule has 4 nitrogen and oxygen atoms in total. The van der Waals surface area contributed by atoms with E-state index in [0.29, 0.717) is 6.42 Å². The van der Waals surface area contributed by atoms with Gasteiger partial charge in [-0.05, 0) is 44.6 Å². The quantitative estimate of drug-likeness (QED) is 0.0760. The van der Waals surface area contributed by atoms with E-state index in [2.05, 4.69) is 26.0 Å². The third-order valence-corrected chi connectivity index (χ3v) is 6.47. The Hall–Kier alpha value is -1.32. The van der Waals surface area contributed by atoms with E-state index in [1.54, 1.807) is 0 Å². The van der Waals surface area contributed by atoms with Crippen molar-refractivity contribution in [3.8, 4) is 0 Å². The molecule has 0 heterocycles. The molecule has 0 aromatic rings. The average molecular weight is 481 g/mol. The standard InChI is InChI=1S/C30H56O4/c1-3-5-7-9-11-13-15-17-23-27-30(33)34-28(25-21-18-19-22-26-29(31)32)24-20-16-14-12-10-8-6-4-2/h20,24,28H,3-19,21-23,25-27H2,1-2H3,(H,31,32)/b24-20+. The first kappa shape index (κ1) is 32.7. The van der Waals surface area contributed by atoms with Crippen LogP contribution in [-0.2, 0) is 14.3 Å². The highest BCUT2D eigenvalue weighted by Gasteiger charge is 2.11. The third kappa shape index (κ3) is 25.3. The number of esters is 1. The maximum Gasteiger partial charge on any atom is 0.306 e. The van der Waals surface area contributed by atoms with Crippen LogP contribution in [-0.4, -0.2) is 23.1 Å². The summed E-state index contributed by atoms with van der Waals surface area (Å²) >= 11 is 0. The van der Waals surface area contributed by atoms with Crippen molar-refractivity contribution in [2.24, 2.45) is 0 Å². The highest BCUT2D eigenvalue weighted by atomic mass is 16.5. The zero-order chi connectivity index (χ0) is 25.1. The minimum Gasteiger partial charge on any atom is -0.481 e. The van der Waals surface area contributed by atoms with E-state index in [1.807, 2.05) is 0 Å². The van der Waals surface area contributed by atoms with Crippen molar-refractivity contribution in [2.45, 2.75) is 168 Å². The number of hydrogen-bond acceptors (Lipinski definition) is 3. The molecule has 200 valence electrons. The summed E-state index contributed by atoms with van der Waals surface area (Å²) in [5.41, 5.74) is 0. The van der Waals surface area contributed by atoms with Crippen LogP contribution < -0.4 is 0 Å². The summed E-state index contributed by atoms with van der Waals surface area (Å²) in [6.45, 7) is 4.49. The highest BCUT2D eigenvalue weighted by Crippen LogP contribution is 2.15. The molecule has 0 spiro atoms. The van der Waals surface area contributed by atoms with Crippen LogP contribution in [0.4, 0.5) is 0 Å². The zero-order valence-electron chi connectivity index (χ0n) is 22.7. The van der Waals surface area contributed by atoms with Crippen LogP contribution in [0.1, 0.15) is 162 Å². The lowest BCUT2D eigenvalue weighted by Crippen LogP contribution is -2.16. The van der Waals surface area contributed by atoms with Crippen molar-refractivity contribution < 1.29 is 19.4 Å². The van der Waals surface area contributed by atoms with Crippen LogP contribution >= 0.6 is 0 Å². The van der Waals surface area contributed by atoms with Gasteiger partial charge < -0.3 is 9.84 Å². The number of carboxylic acid groups (broad SMARTS) is 1. The van der Waals surface area contributed by atoms with Crippen LogP contribution in [0.3, 0.4) is 0 Å². The Balaban J connectivity index is 4.13. The van der Waals surface area contributed by atoms with Crippen molar-refractivity contribution in [1.29, 1.82) is 0 Å². The molecule has 4 heteroatoms. The number of allylic oxidation sites excluding steroid dienone is 1. The van der Waals surface area contributed by atoms with Crippen LogP contribution in [0.25, 0.3) is 0 Å². The molecule has 0 radical (unpaired) electrons. The summed E-state index contributed by atoms with van der Waals surface area (Å²) in [6.07, 6.45) is 29.4. The fourth-order valence-electron chi connectivity index (χ4n) is 4.27. The molecule has 0 aromatic heterocycles. The van der Waals surface area contributed by atoms with Crippen molar-refractivity contribution in [3.63, 3.8) is 0 Å². The molecule has 0 aliphatic carbocycles. The summed E-state index contributed by atoms with van der Waals surface area (Å²) in [4.78, 5) is 23.0. The van der Waals surface area contributed by atoms with E-state index in [4.69, 9.17) is 9.84 Å². The number of carboxylic acids is 1. The van der Waals surface area contributed by atoms with Gasteiger partial charge in [0.05, 0.1) is 0 Å². The molecule has 0 saturated carbocycles. The second-order valence-electron chi connectivity index (χ2n) is 9.94. The summed E-state index contributed by atoms with van der Waals surface area (Å²) < 4.78 is 5.81. The summed E-state index contributed by atoms with van der Waals surface area (Å²) in [5.74, 6) is -0.788. The average Bonchev–Trinajstić information content (AvgIpc) is 2.81. The molecule has 0 aromatic carbocycles.